The predicted molar refractivity (Wildman–Crippen MR) is 90.2 cm³/mol. The quantitative estimate of drug-likeness (QED) is 0.596. The van der Waals surface area contributed by atoms with Gasteiger partial charge in [-0.25, -0.2) is 4.79 Å². The molecule has 0 aromatic heterocycles. The molecule has 2 rings (SSSR count). The average molecular weight is 367 g/mol. The monoisotopic (exact) mass is 367 g/mol. The van der Waals surface area contributed by atoms with Crippen LogP contribution in [0.15, 0.2) is 53.4 Å². The van der Waals surface area contributed by atoms with Crippen molar-refractivity contribution in [3.8, 4) is 5.75 Å². The SMILES string of the molecule is COc1cccc(NC(=O)COC(=O)c2ccccc2SC(F)F)c1. The summed E-state index contributed by atoms with van der Waals surface area (Å²) in [5, 5.41) is 2.55. The zero-order valence-electron chi connectivity index (χ0n) is 13.2. The minimum absolute atomic E-state index is 0.0121. The van der Waals surface area contributed by atoms with Gasteiger partial charge >= 0.3 is 5.97 Å². The summed E-state index contributed by atoms with van der Waals surface area (Å²) in [5.41, 5.74) is 0.469. The maximum atomic E-state index is 12.5. The zero-order valence-corrected chi connectivity index (χ0v) is 14.0. The van der Waals surface area contributed by atoms with E-state index in [-0.39, 0.29) is 22.2 Å². The molecule has 132 valence electrons. The lowest BCUT2D eigenvalue weighted by atomic mass is 10.2. The van der Waals surface area contributed by atoms with Crippen LogP contribution in [0.1, 0.15) is 10.4 Å². The van der Waals surface area contributed by atoms with E-state index in [9.17, 15) is 18.4 Å². The molecule has 0 saturated heterocycles. The highest BCUT2D eigenvalue weighted by Crippen LogP contribution is 2.28. The lowest BCUT2D eigenvalue weighted by molar-refractivity contribution is -0.119. The normalized spacial score (nSPS) is 10.4. The molecule has 8 heteroatoms. The standard InChI is InChI=1S/C17H15F2NO4S/c1-23-12-6-4-5-11(9-12)20-15(21)10-24-16(22)13-7-2-3-8-14(13)25-17(18)19/h2-9,17H,10H2,1H3,(H,20,21). The number of carbonyl (C=O) groups is 2. The van der Waals surface area contributed by atoms with Gasteiger partial charge in [0.25, 0.3) is 11.7 Å². The third-order valence-electron chi connectivity index (χ3n) is 3.01. The fourth-order valence-electron chi connectivity index (χ4n) is 1.94. The van der Waals surface area contributed by atoms with Gasteiger partial charge in [-0.2, -0.15) is 8.78 Å². The first-order valence-corrected chi connectivity index (χ1v) is 8.02. The van der Waals surface area contributed by atoms with E-state index < -0.39 is 24.2 Å². The van der Waals surface area contributed by atoms with Gasteiger partial charge in [0.1, 0.15) is 5.75 Å². The molecule has 0 aliphatic heterocycles. The largest absolute Gasteiger partial charge is 0.497 e. The van der Waals surface area contributed by atoms with Crippen LogP contribution in [-0.4, -0.2) is 31.4 Å². The van der Waals surface area contributed by atoms with Gasteiger partial charge < -0.3 is 14.8 Å². The number of halogens is 2. The van der Waals surface area contributed by atoms with Gasteiger partial charge in [0.05, 0.1) is 12.7 Å². The van der Waals surface area contributed by atoms with Crippen LogP contribution in [-0.2, 0) is 9.53 Å². The molecule has 0 aliphatic rings. The molecule has 25 heavy (non-hydrogen) atoms. The Morgan fingerprint density at radius 2 is 1.92 bits per heavy atom. The van der Waals surface area contributed by atoms with Crippen LogP contribution in [0.25, 0.3) is 0 Å². The number of esters is 1. The molecule has 0 aliphatic carbocycles. The highest BCUT2D eigenvalue weighted by molar-refractivity contribution is 7.99. The number of alkyl halides is 2. The van der Waals surface area contributed by atoms with Gasteiger partial charge in [0.15, 0.2) is 6.61 Å². The second kappa shape index (κ2) is 9.03. The molecule has 1 N–H and O–H groups in total. The second-order valence-corrected chi connectivity index (χ2v) is 5.76. The number of carbonyl (C=O) groups excluding carboxylic acids is 2. The molecule has 0 fully saturated rings. The van der Waals surface area contributed by atoms with E-state index in [0.717, 1.165) is 0 Å². The Hall–Kier alpha value is -2.61. The van der Waals surface area contributed by atoms with Crippen molar-refractivity contribution in [3.05, 3.63) is 54.1 Å². The number of hydrogen-bond donors (Lipinski definition) is 1. The molecular weight excluding hydrogens is 352 g/mol. The van der Waals surface area contributed by atoms with Crippen molar-refractivity contribution in [2.75, 3.05) is 19.0 Å². The maximum Gasteiger partial charge on any atom is 0.339 e. The summed E-state index contributed by atoms with van der Waals surface area (Å²) in [5.74, 6) is -3.50. The molecule has 0 saturated carbocycles. The van der Waals surface area contributed by atoms with Gasteiger partial charge in [-0.05, 0) is 24.3 Å². The van der Waals surface area contributed by atoms with Crippen LogP contribution in [0.4, 0.5) is 14.5 Å². The molecule has 0 radical (unpaired) electrons. The fraction of sp³-hybridized carbons (Fsp3) is 0.176. The molecule has 0 atom stereocenters. The van der Waals surface area contributed by atoms with E-state index in [4.69, 9.17) is 9.47 Å². The first-order chi connectivity index (χ1) is 12.0. The number of benzene rings is 2. The molecule has 0 spiro atoms. The number of anilines is 1. The van der Waals surface area contributed by atoms with E-state index in [1.54, 1.807) is 24.3 Å². The highest BCUT2D eigenvalue weighted by Gasteiger charge is 2.17. The third-order valence-corrected chi connectivity index (χ3v) is 3.80. The Morgan fingerprint density at radius 3 is 2.64 bits per heavy atom. The Morgan fingerprint density at radius 1 is 1.16 bits per heavy atom. The minimum Gasteiger partial charge on any atom is -0.497 e. The zero-order chi connectivity index (χ0) is 18.2. The van der Waals surface area contributed by atoms with Crippen molar-refractivity contribution in [1.29, 1.82) is 0 Å². The number of ether oxygens (including phenoxy) is 2. The summed E-state index contributed by atoms with van der Waals surface area (Å²) in [7, 11) is 1.50. The van der Waals surface area contributed by atoms with Crippen LogP contribution in [0.3, 0.4) is 0 Å². The molecule has 0 heterocycles. The second-order valence-electron chi connectivity index (χ2n) is 4.73. The van der Waals surface area contributed by atoms with E-state index >= 15 is 0 Å². The average Bonchev–Trinajstić information content (AvgIpc) is 2.60. The number of nitrogens with one attached hydrogen (secondary N) is 1. The van der Waals surface area contributed by atoms with Crippen molar-refractivity contribution >= 4 is 29.3 Å². The minimum atomic E-state index is -2.66. The first kappa shape index (κ1) is 18.7. The number of rotatable bonds is 7. The number of hydrogen-bond acceptors (Lipinski definition) is 5. The van der Waals surface area contributed by atoms with Crippen LogP contribution in [0, 0.1) is 0 Å². The summed E-state index contributed by atoms with van der Waals surface area (Å²) >= 11 is 0.246. The first-order valence-electron chi connectivity index (χ1n) is 7.14. The van der Waals surface area contributed by atoms with Crippen LogP contribution < -0.4 is 10.1 Å². The van der Waals surface area contributed by atoms with Crippen molar-refractivity contribution in [3.63, 3.8) is 0 Å². The van der Waals surface area contributed by atoms with Crippen molar-refractivity contribution in [2.45, 2.75) is 10.7 Å². The molecule has 2 aromatic carbocycles. The summed E-state index contributed by atoms with van der Waals surface area (Å²) in [6, 6.07) is 12.5. The maximum absolute atomic E-state index is 12.5. The number of methoxy groups -OCH3 is 1. The molecule has 5 nitrogen and oxygen atoms in total. The summed E-state index contributed by atoms with van der Waals surface area (Å²) in [6.45, 7) is -0.538. The smallest absolute Gasteiger partial charge is 0.339 e. The Kier molecular flexibility index (Phi) is 6.76. The molecule has 0 bridgehead atoms. The third kappa shape index (κ3) is 5.75. The summed E-state index contributed by atoms with van der Waals surface area (Å²) < 4.78 is 35.0. The number of amides is 1. The van der Waals surface area contributed by atoms with Crippen molar-refractivity contribution in [2.24, 2.45) is 0 Å². The van der Waals surface area contributed by atoms with Gasteiger partial charge in [-0.3, -0.25) is 4.79 Å². The fourth-order valence-corrected chi connectivity index (χ4v) is 2.57. The van der Waals surface area contributed by atoms with Crippen molar-refractivity contribution in [1.82, 2.24) is 0 Å². The topological polar surface area (TPSA) is 64.6 Å². The molecule has 1 amide bonds. The molecular formula is C17H15F2NO4S. The van der Waals surface area contributed by atoms with Gasteiger partial charge in [0, 0.05) is 16.6 Å². The van der Waals surface area contributed by atoms with E-state index in [0.29, 0.717) is 11.4 Å². The summed E-state index contributed by atoms with van der Waals surface area (Å²) in [4.78, 5) is 24.0. The Bertz CT molecular complexity index is 755. The Balaban J connectivity index is 1.94. The molecule has 0 unspecified atom stereocenters. The van der Waals surface area contributed by atoms with E-state index in [1.165, 1.54) is 31.4 Å². The summed E-state index contributed by atoms with van der Waals surface area (Å²) in [6.07, 6.45) is 0. The molecule has 2 aromatic rings. The highest BCUT2D eigenvalue weighted by atomic mass is 32.2. The lowest BCUT2D eigenvalue weighted by Crippen LogP contribution is -2.21. The Labute approximate surface area is 147 Å². The van der Waals surface area contributed by atoms with Gasteiger partial charge in [0.2, 0.25) is 0 Å². The number of thioether (sulfide) groups is 1. The van der Waals surface area contributed by atoms with Crippen LogP contribution >= 0.6 is 11.8 Å². The van der Waals surface area contributed by atoms with Crippen LogP contribution in [0.5, 0.6) is 5.75 Å². The van der Waals surface area contributed by atoms with Crippen LogP contribution in [0.2, 0.25) is 0 Å². The van der Waals surface area contributed by atoms with E-state index in [2.05, 4.69) is 5.32 Å². The lowest BCUT2D eigenvalue weighted by Gasteiger charge is -2.10. The van der Waals surface area contributed by atoms with Gasteiger partial charge in [-0.15, -0.1) is 0 Å². The predicted octanol–water partition coefficient (Wildman–Crippen LogP) is 3.81. The van der Waals surface area contributed by atoms with Crippen molar-refractivity contribution < 1.29 is 27.8 Å². The van der Waals surface area contributed by atoms with E-state index in [1.807, 2.05) is 0 Å². The van der Waals surface area contributed by atoms with Gasteiger partial charge in [-0.1, -0.05) is 30.0 Å².